The lowest BCUT2D eigenvalue weighted by Crippen LogP contribution is -2.51. The van der Waals surface area contributed by atoms with Gasteiger partial charge in [-0.1, -0.05) is 36.4 Å². The molecule has 0 atom stereocenters. The average molecular weight is 536 g/mol. The Balaban J connectivity index is 1.11. The zero-order valence-corrected chi connectivity index (χ0v) is 22.8. The Morgan fingerprint density at radius 1 is 0.950 bits per heavy atom. The van der Waals surface area contributed by atoms with Crippen molar-refractivity contribution in [2.45, 2.75) is 20.0 Å². The molecule has 2 N–H and O–H groups in total. The molecule has 4 aromatic rings. The van der Waals surface area contributed by atoms with Crippen LogP contribution >= 0.6 is 0 Å². The van der Waals surface area contributed by atoms with Crippen molar-refractivity contribution in [3.63, 3.8) is 0 Å². The molecule has 204 valence electrons. The quantitative estimate of drug-likeness (QED) is 0.397. The molecule has 3 aromatic carbocycles. The summed E-state index contributed by atoms with van der Waals surface area (Å²) in [4.78, 5) is 32.6. The summed E-state index contributed by atoms with van der Waals surface area (Å²) in [6, 6.07) is 23.7. The first-order valence-electron chi connectivity index (χ1n) is 13.6. The van der Waals surface area contributed by atoms with E-state index in [1.165, 1.54) is 5.69 Å². The molecular formula is C31H33N7O2. The van der Waals surface area contributed by atoms with Gasteiger partial charge in [0.05, 0.1) is 24.1 Å². The third kappa shape index (κ3) is 4.98. The van der Waals surface area contributed by atoms with Gasteiger partial charge in [0.15, 0.2) is 0 Å². The van der Waals surface area contributed by atoms with Crippen LogP contribution in [0.4, 0.5) is 27.7 Å². The second kappa shape index (κ2) is 10.8. The lowest BCUT2D eigenvalue weighted by Gasteiger charge is -2.36. The van der Waals surface area contributed by atoms with Crippen LogP contribution in [-0.4, -0.2) is 52.8 Å². The molecule has 2 aliphatic rings. The molecule has 0 saturated carbocycles. The van der Waals surface area contributed by atoms with E-state index in [0.29, 0.717) is 31.7 Å². The zero-order valence-electron chi connectivity index (χ0n) is 22.8. The summed E-state index contributed by atoms with van der Waals surface area (Å²) < 4.78 is 1.79. The van der Waals surface area contributed by atoms with Gasteiger partial charge in [-0.2, -0.15) is 5.10 Å². The van der Waals surface area contributed by atoms with Gasteiger partial charge in [-0.05, 0) is 54.4 Å². The third-order valence-electron chi connectivity index (χ3n) is 7.74. The third-order valence-corrected chi connectivity index (χ3v) is 7.74. The number of fused-ring (bicyclic) bond motifs is 2. The number of aryl methyl sites for hydroxylation is 2. The Kier molecular flexibility index (Phi) is 6.86. The number of rotatable bonds is 4. The molecule has 9 nitrogen and oxygen atoms in total. The monoisotopic (exact) mass is 535 g/mol. The highest BCUT2D eigenvalue weighted by atomic mass is 16.2. The van der Waals surface area contributed by atoms with Gasteiger partial charge in [-0.15, -0.1) is 0 Å². The molecule has 0 unspecified atom stereocenters. The van der Waals surface area contributed by atoms with Crippen molar-refractivity contribution in [3.8, 4) is 0 Å². The Morgan fingerprint density at radius 3 is 2.48 bits per heavy atom. The summed E-state index contributed by atoms with van der Waals surface area (Å²) in [6.45, 7) is 5.78. The van der Waals surface area contributed by atoms with Crippen LogP contribution in [0.3, 0.4) is 0 Å². The maximum Gasteiger partial charge on any atom is 0.317 e. The fraction of sp³-hybridized carbons (Fsp3) is 0.258. The minimum Gasteiger partial charge on any atom is -0.368 e. The van der Waals surface area contributed by atoms with Gasteiger partial charge in [0.1, 0.15) is 5.82 Å². The minimum absolute atomic E-state index is 0.0618. The molecular weight excluding hydrogens is 502 g/mol. The number of hydrogen-bond donors (Lipinski definition) is 2. The number of hydrogen-bond acceptors (Lipinski definition) is 5. The Bertz CT molecular complexity index is 1540. The van der Waals surface area contributed by atoms with Crippen LogP contribution in [-0.2, 0) is 20.1 Å². The van der Waals surface area contributed by atoms with Crippen LogP contribution in [0.1, 0.15) is 27.0 Å². The van der Waals surface area contributed by atoms with Gasteiger partial charge in [0, 0.05) is 56.6 Å². The predicted molar refractivity (Wildman–Crippen MR) is 157 cm³/mol. The van der Waals surface area contributed by atoms with Gasteiger partial charge < -0.3 is 25.3 Å². The predicted octanol–water partition coefficient (Wildman–Crippen LogP) is 4.66. The smallest absolute Gasteiger partial charge is 0.317 e. The molecule has 6 rings (SSSR count). The second-order valence-corrected chi connectivity index (χ2v) is 10.3. The van der Waals surface area contributed by atoms with E-state index in [4.69, 9.17) is 0 Å². The molecule has 1 aromatic heterocycles. The second-order valence-electron chi connectivity index (χ2n) is 10.3. The van der Waals surface area contributed by atoms with E-state index in [-0.39, 0.29) is 11.9 Å². The number of benzene rings is 3. The summed E-state index contributed by atoms with van der Waals surface area (Å²) in [7, 11) is 1.89. The van der Waals surface area contributed by atoms with E-state index < -0.39 is 0 Å². The largest absolute Gasteiger partial charge is 0.368 e. The van der Waals surface area contributed by atoms with Crippen LogP contribution in [0, 0.1) is 6.92 Å². The Hall–Kier alpha value is -4.79. The number of carbonyl (C=O) groups excluding carboxylic acids is 2. The van der Waals surface area contributed by atoms with Crippen molar-refractivity contribution in [2.75, 3.05) is 41.3 Å². The summed E-state index contributed by atoms with van der Waals surface area (Å²) in [6.07, 6.45) is 1.80. The van der Waals surface area contributed by atoms with E-state index in [2.05, 4.69) is 32.8 Å². The summed E-state index contributed by atoms with van der Waals surface area (Å²) in [5.74, 6) is 0.799. The minimum atomic E-state index is -0.0825. The lowest BCUT2D eigenvalue weighted by molar-refractivity contribution is 0.0985. The first-order chi connectivity index (χ1) is 19.5. The first-order valence-corrected chi connectivity index (χ1v) is 13.6. The number of carbonyl (C=O) groups is 2. The van der Waals surface area contributed by atoms with Crippen molar-refractivity contribution >= 4 is 34.8 Å². The molecule has 1 fully saturated rings. The standard InChI is InChI=1S/C31H33N7O2/c1-22-18-23(30(39)38-21-25-20-33-35(2)29(25)34-27-10-6-7-11-28(27)38)12-13-24(22)19-32-31(40)37-16-14-36(15-17-37)26-8-4-3-5-9-26/h3-13,18,20,34H,14-17,19,21H2,1-2H3,(H,32,40). The highest BCUT2D eigenvalue weighted by Crippen LogP contribution is 2.36. The van der Waals surface area contributed by atoms with Crippen molar-refractivity contribution < 1.29 is 9.59 Å². The van der Waals surface area contributed by atoms with E-state index in [1.54, 1.807) is 15.8 Å². The number of aromatic nitrogens is 2. The van der Waals surface area contributed by atoms with E-state index >= 15 is 0 Å². The number of para-hydroxylation sites is 3. The molecule has 0 aliphatic carbocycles. The number of nitrogens with one attached hydrogen (secondary N) is 2. The van der Waals surface area contributed by atoms with Crippen LogP contribution < -0.4 is 20.4 Å². The SMILES string of the molecule is Cc1cc(C(=O)N2Cc3cnn(C)c3Nc3ccccc32)ccc1CNC(=O)N1CCN(c2ccccc2)CC1. The Labute approximate surface area is 234 Å². The van der Waals surface area contributed by atoms with E-state index in [1.807, 2.05) is 79.5 Å². The van der Waals surface area contributed by atoms with Crippen LogP contribution in [0.2, 0.25) is 0 Å². The maximum absolute atomic E-state index is 13.8. The molecule has 0 spiro atoms. The highest BCUT2D eigenvalue weighted by Gasteiger charge is 2.27. The van der Waals surface area contributed by atoms with Crippen molar-refractivity contribution in [1.82, 2.24) is 20.0 Å². The molecule has 9 heteroatoms. The van der Waals surface area contributed by atoms with Crippen molar-refractivity contribution in [3.05, 3.63) is 101 Å². The molecule has 3 heterocycles. The molecule has 0 bridgehead atoms. The molecule has 2 aliphatic heterocycles. The zero-order chi connectivity index (χ0) is 27.6. The summed E-state index contributed by atoms with van der Waals surface area (Å²) >= 11 is 0. The number of amides is 3. The highest BCUT2D eigenvalue weighted by molar-refractivity contribution is 6.08. The fourth-order valence-electron chi connectivity index (χ4n) is 5.41. The maximum atomic E-state index is 13.8. The normalized spacial score (nSPS) is 14.6. The van der Waals surface area contributed by atoms with Gasteiger partial charge in [-0.25, -0.2) is 4.79 Å². The number of piperazine rings is 1. The number of urea groups is 1. The van der Waals surface area contributed by atoms with Gasteiger partial charge in [0.25, 0.3) is 5.91 Å². The van der Waals surface area contributed by atoms with Crippen molar-refractivity contribution in [2.24, 2.45) is 7.05 Å². The van der Waals surface area contributed by atoms with Crippen LogP contribution in [0.5, 0.6) is 0 Å². The average Bonchev–Trinajstić information content (AvgIpc) is 3.24. The summed E-state index contributed by atoms with van der Waals surface area (Å²) in [5.41, 5.74) is 6.38. The first kappa shape index (κ1) is 25.5. The van der Waals surface area contributed by atoms with E-state index in [9.17, 15) is 9.59 Å². The molecule has 0 radical (unpaired) electrons. The van der Waals surface area contributed by atoms with Gasteiger partial charge in [-0.3, -0.25) is 9.48 Å². The van der Waals surface area contributed by atoms with Crippen LogP contribution in [0.15, 0.2) is 79.0 Å². The molecule has 3 amide bonds. The number of nitrogens with zero attached hydrogens (tertiary/aromatic N) is 5. The van der Waals surface area contributed by atoms with Crippen LogP contribution in [0.25, 0.3) is 0 Å². The van der Waals surface area contributed by atoms with E-state index in [0.717, 1.165) is 47.0 Å². The lowest BCUT2D eigenvalue weighted by atomic mass is 10.0. The molecule has 1 saturated heterocycles. The topological polar surface area (TPSA) is 85.7 Å². The van der Waals surface area contributed by atoms with Crippen molar-refractivity contribution in [1.29, 1.82) is 0 Å². The number of anilines is 4. The van der Waals surface area contributed by atoms with Gasteiger partial charge >= 0.3 is 6.03 Å². The Morgan fingerprint density at radius 2 is 1.70 bits per heavy atom. The molecule has 40 heavy (non-hydrogen) atoms. The summed E-state index contributed by atoms with van der Waals surface area (Å²) in [5, 5.41) is 10.9. The fourth-order valence-corrected chi connectivity index (χ4v) is 5.41. The van der Waals surface area contributed by atoms with Gasteiger partial charge in [0.2, 0.25) is 0 Å².